The number of rotatable bonds is 6. The predicted octanol–water partition coefficient (Wildman–Crippen LogP) is 3.46. The van der Waals surface area contributed by atoms with Gasteiger partial charge in [0.25, 0.3) is 21.8 Å². The molecule has 8 heteroatoms. The van der Waals surface area contributed by atoms with Gasteiger partial charge in [0.15, 0.2) is 0 Å². The van der Waals surface area contributed by atoms with Crippen molar-refractivity contribution in [3.05, 3.63) is 89.0 Å². The molecule has 7 nitrogen and oxygen atoms in total. The maximum Gasteiger partial charge on any atom is 0.261 e. The highest BCUT2D eigenvalue weighted by molar-refractivity contribution is 7.92. The van der Waals surface area contributed by atoms with Crippen molar-refractivity contribution in [2.75, 3.05) is 10.0 Å². The number of primary amides is 1. The van der Waals surface area contributed by atoms with Gasteiger partial charge in [-0.15, -0.1) is 0 Å². The van der Waals surface area contributed by atoms with E-state index in [-0.39, 0.29) is 27.4 Å². The molecule has 0 unspecified atom stereocenters. The zero-order valence-corrected chi connectivity index (χ0v) is 17.3. The van der Waals surface area contributed by atoms with Crippen molar-refractivity contribution in [1.29, 1.82) is 0 Å². The molecule has 154 valence electrons. The Morgan fingerprint density at radius 3 is 2.07 bits per heavy atom. The highest BCUT2D eigenvalue weighted by Crippen LogP contribution is 2.24. The predicted molar refractivity (Wildman–Crippen MR) is 116 cm³/mol. The maximum absolute atomic E-state index is 12.8. The van der Waals surface area contributed by atoms with Crippen LogP contribution in [-0.2, 0) is 10.0 Å². The quantitative estimate of drug-likeness (QED) is 0.563. The Hall–Kier alpha value is -3.65. The van der Waals surface area contributed by atoms with Gasteiger partial charge in [0.05, 0.1) is 21.8 Å². The third-order valence-electron chi connectivity index (χ3n) is 4.59. The van der Waals surface area contributed by atoms with E-state index in [0.29, 0.717) is 5.56 Å². The first kappa shape index (κ1) is 21.1. The molecular formula is C22H21N3O4S. The summed E-state index contributed by atoms with van der Waals surface area (Å²) in [6, 6.07) is 17.6. The number of benzene rings is 3. The van der Waals surface area contributed by atoms with Crippen LogP contribution in [0.5, 0.6) is 0 Å². The first-order valence-electron chi connectivity index (χ1n) is 9.08. The standard InChI is InChI=1S/C22H21N3O4S/c1-14-10-12-16(13-11-14)30(28,29)25-19-9-5-7-17(15(19)2)22(27)24-20-8-4-3-6-18(20)21(23)26/h3-13,25H,1-2H3,(H2,23,26)(H,24,27). The Morgan fingerprint density at radius 2 is 1.40 bits per heavy atom. The van der Waals surface area contributed by atoms with E-state index in [2.05, 4.69) is 10.0 Å². The van der Waals surface area contributed by atoms with Crippen LogP contribution in [0.4, 0.5) is 11.4 Å². The molecule has 0 aliphatic carbocycles. The van der Waals surface area contributed by atoms with Gasteiger partial charge in [-0.25, -0.2) is 8.42 Å². The molecule has 0 bridgehead atoms. The Labute approximate surface area is 175 Å². The molecular weight excluding hydrogens is 402 g/mol. The minimum Gasteiger partial charge on any atom is -0.366 e. The molecule has 3 aromatic carbocycles. The van der Waals surface area contributed by atoms with E-state index in [1.54, 1.807) is 55.5 Å². The van der Waals surface area contributed by atoms with Crippen LogP contribution in [0.2, 0.25) is 0 Å². The van der Waals surface area contributed by atoms with Crippen molar-refractivity contribution >= 4 is 33.2 Å². The minimum absolute atomic E-state index is 0.123. The van der Waals surface area contributed by atoms with Crippen molar-refractivity contribution in [3.8, 4) is 0 Å². The van der Waals surface area contributed by atoms with E-state index < -0.39 is 21.8 Å². The summed E-state index contributed by atoms with van der Waals surface area (Å²) in [6.07, 6.45) is 0. The second-order valence-electron chi connectivity index (χ2n) is 6.76. The van der Waals surface area contributed by atoms with Crippen molar-refractivity contribution in [2.24, 2.45) is 5.73 Å². The van der Waals surface area contributed by atoms with Crippen LogP contribution < -0.4 is 15.8 Å². The molecule has 2 amide bonds. The van der Waals surface area contributed by atoms with Gasteiger partial charge in [-0.05, 0) is 55.8 Å². The Morgan fingerprint density at radius 1 is 0.800 bits per heavy atom. The molecule has 0 saturated heterocycles. The molecule has 0 aromatic heterocycles. The second kappa shape index (κ2) is 8.38. The number of nitrogens with one attached hydrogen (secondary N) is 2. The van der Waals surface area contributed by atoms with Crippen LogP contribution in [0.3, 0.4) is 0 Å². The topological polar surface area (TPSA) is 118 Å². The lowest BCUT2D eigenvalue weighted by Gasteiger charge is -2.15. The number of carbonyl (C=O) groups excluding carboxylic acids is 2. The highest BCUT2D eigenvalue weighted by atomic mass is 32.2. The van der Waals surface area contributed by atoms with Gasteiger partial charge in [0.2, 0.25) is 0 Å². The number of aryl methyl sites for hydroxylation is 1. The lowest BCUT2D eigenvalue weighted by Crippen LogP contribution is -2.20. The van der Waals surface area contributed by atoms with E-state index in [9.17, 15) is 18.0 Å². The summed E-state index contributed by atoms with van der Waals surface area (Å²) < 4.78 is 27.9. The number of para-hydroxylation sites is 1. The zero-order valence-electron chi connectivity index (χ0n) is 16.5. The highest BCUT2D eigenvalue weighted by Gasteiger charge is 2.19. The maximum atomic E-state index is 12.8. The van der Waals surface area contributed by atoms with Gasteiger partial charge in [-0.1, -0.05) is 35.9 Å². The van der Waals surface area contributed by atoms with Gasteiger partial charge in [0.1, 0.15) is 0 Å². The van der Waals surface area contributed by atoms with Gasteiger partial charge in [-0.2, -0.15) is 0 Å². The third kappa shape index (κ3) is 4.49. The molecule has 0 spiro atoms. The van der Waals surface area contributed by atoms with E-state index >= 15 is 0 Å². The molecule has 0 heterocycles. The van der Waals surface area contributed by atoms with E-state index in [0.717, 1.165) is 5.56 Å². The summed E-state index contributed by atoms with van der Waals surface area (Å²) >= 11 is 0. The molecule has 0 fully saturated rings. The first-order chi connectivity index (χ1) is 14.2. The number of hydrogen-bond donors (Lipinski definition) is 3. The normalized spacial score (nSPS) is 11.0. The van der Waals surface area contributed by atoms with E-state index in [4.69, 9.17) is 5.73 Å². The van der Waals surface area contributed by atoms with Crippen molar-refractivity contribution in [2.45, 2.75) is 18.7 Å². The van der Waals surface area contributed by atoms with E-state index in [1.165, 1.54) is 18.2 Å². The summed E-state index contributed by atoms with van der Waals surface area (Å²) in [5.74, 6) is -1.15. The lowest BCUT2D eigenvalue weighted by molar-refractivity contribution is 0.100. The van der Waals surface area contributed by atoms with Gasteiger partial charge in [-0.3, -0.25) is 14.3 Å². The molecule has 0 radical (unpaired) electrons. The van der Waals surface area contributed by atoms with Crippen LogP contribution in [0.25, 0.3) is 0 Å². The summed E-state index contributed by atoms with van der Waals surface area (Å²) in [5.41, 5.74) is 7.75. The van der Waals surface area contributed by atoms with Crippen LogP contribution in [0.1, 0.15) is 31.8 Å². The number of amides is 2. The summed E-state index contributed by atoms with van der Waals surface area (Å²) in [7, 11) is -3.81. The smallest absolute Gasteiger partial charge is 0.261 e. The van der Waals surface area contributed by atoms with Crippen molar-refractivity contribution in [3.63, 3.8) is 0 Å². The Kier molecular flexibility index (Phi) is 5.89. The summed E-state index contributed by atoms with van der Waals surface area (Å²) in [4.78, 5) is 24.5. The number of hydrogen-bond acceptors (Lipinski definition) is 4. The number of sulfonamides is 1. The molecule has 3 rings (SSSR count). The average Bonchev–Trinajstić information content (AvgIpc) is 2.70. The van der Waals surface area contributed by atoms with Crippen LogP contribution in [0, 0.1) is 13.8 Å². The second-order valence-corrected chi connectivity index (χ2v) is 8.44. The molecule has 0 aliphatic rings. The van der Waals surface area contributed by atoms with Crippen LogP contribution in [0.15, 0.2) is 71.6 Å². The van der Waals surface area contributed by atoms with Crippen molar-refractivity contribution < 1.29 is 18.0 Å². The molecule has 0 saturated carbocycles. The third-order valence-corrected chi connectivity index (χ3v) is 5.98. The van der Waals surface area contributed by atoms with E-state index in [1.807, 2.05) is 6.92 Å². The largest absolute Gasteiger partial charge is 0.366 e. The molecule has 0 atom stereocenters. The number of nitrogens with two attached hydrogens (primary N) is 1. The van der Waals surface area contributed by atoms with Gasteiger partial charge < -0.3 is 11.1 Å². The monoisotopic (exact) mass is 423 g/mol. The summed E-state index contributed by atoms with van der Waals surface area (Å²) in [6.45, 7) is 3.51. The number of anilines is 2. The zero-order chi connectivity index (χ0) is 21.9. The fourth-order valence-electron chi connectivity index (χ4n) is 2.91. The SMILES string of the molecule is Cc1ccc(S(=O)(=O)Nc2cccc(C(=O)Nc3ccccc3C(N)=O)c2C)cc1. The Balaban J connectivity index is 1.89. The van der Waals surface area contributed by atoms with Gasteiger partial charge in [0, 0.05) is 5.56 Å². The number of carbonyl (C=O) groups is 2. The average molecular weight is 423 g/mol. The molecule has 0 aliphatic heterocycles. The molecule has 3 aromatic rings. The fourth-order valence-corrected chi connectivity index (χ4v) is 4.03. The molecule has 30 heavy (non-hydrogen) atoms. The Bertz CT molecular complexity index is 1220. The first-order valence-corrected chi connectivity index (χ1v) is 10.6. The van der Waals surface area contributed by atoms with Gasteiger partial charge >= 0.3 is 0 Å². The summed E-state index contributed by atoms with van der Waals surface area (Å²) in [5, 5.41) is 2.66. The van der Waals surface area contributed by atoms with Crippen molar-refractivity contribution in [1.82, 2.24) is 0 Å². The fraction of sp³-hybridized carbons (Fsp3) is 0.0909. The van der Waals surface area contributed by atoms with Crippen LogP contribution in [-0.4, -0.2) is 20.2 Å². The lowest BCUT2D eigenvalue weighted by atomic mass is 10.1. The minimum atomic E-state index is -3.81. The van der Waals surface area contributed by atoms with Crippen LogP contribution >= 0.6 is 0 Å². The molecule has 4 N–H and O–H groups in total.